The maximum absolute atomic E-state index is 13.2. The van der Waals surface area contributed by atoms with Crippen LogP contribution >= 0.6 is 15.9 Å². The van der Waals surface area contributed by atoms with Gasteiger partial charge in [0.1, 0.15) is 0 Å². The summed E-state index contributed by atoms with van der Waals surface area (Å²) in [6.07, 6.45) is 0. The number of carbonyl (C=O) groups is 1. The molecule has 1 aromatic carbocycles. The van der Waals surface area contributed by atoms with Crippen LogP contribution in [0.15, 0.2) is 10.5 Å². The van der Waals surface area contributed by atoms with Crippen molar-refractivity contribution in [2.24, 2.45) is 0 Å². The number of ether oxygens (including phenoxy) is 2. The fourth-order valence-electron chi connectivity index (χ4n) is 1.12. The Morgan fingerprint density at radius 1 is 1.50 bits per heavy atom. The lowest BCUT2D eigenvalue weighted by Gasteiger charge is -2.10. The van der Waals surface area contributed by atoms with Crippen molar-refractivity contribution in [3.8, 4) is 5.75 Å². The van der Waals surface area contributed by atoms with Gasteiger partial charge in [0.25, 0.3) is 0 Å². The summed E-state index contributed by atoms with van der Waals surface area (Å²) in [6, 6.07) is 0.764. The third-order valence-electron chi connectivity index (χ3n) is 1.82. The summed E-state index contributed by atoms with van der Waals surface area (Å²) < 4.78 is 35.7. The highest BCUT2D eigenvalue weighted by Crippen LogP contribution is 2.33. The normalized spacial score (nSPS) is 10.1. The minimum Gasteiger partial charge on any atom is -0.492 e. The summed E-state index contributed by atoms with van der Waals surface area (Å²) in [5, 5.41) is 0. The molecule has 0 atom stereocenters. The van der Waals surface area contributed by atoms with Crippen molar-refractivity contribution in [2.45, 2.75) is 6.92 Å². The Balaban J connectivity index is 3.31. The molecule has 0 fully saturated rings. The van der Waals surface area contributed by atoms with E-state index in [1.165, 1.54) is 7.11 Å². The van der Waals surface area contributed by atoms with E-state index >= 15 is 0 Å². The fourth-order valence-corrected chi connectivity index (χ4v) is 1.73. The van der Waals surface area contributed by atoms with E-state index in [1.807, 2.05) is 0 Å². The van der Waals surface area contributed by atoms with Crippen LogP contribution in [0.2, 0.25) is 0 Å². The summed E-state index contributed by atoms with van der Waals surface area (Å²) in [5.74, 6) is -3.42. The first-order chi connectivity index (χ1) is 7.52. The number of hydrogen-bond acceptors (Lipinski definition) is 3. The Hall–Kier alpha value is -1.17. The van der Waals surface area contributed by atoms with Gasteiger partial charge in [0.15, 0.2) is 11.6 Å². The van der Waals surface area contributed by atoms with Crippen molar-refractivity contribution in [2.75, 3.05) is 13.7 Å². The molecular formula is C10H9BrF2O3. The van der Waals surface area contributed by atoms with E-state index in [9.17, 15) is 13.6 Å². The standard InChI is InChI=1S/C10H9BrF2O3/c1-3-16-10(14)5-4-6(12)8(13)9(15-2)7(5)11/h4H,3H2,1-2H3. The molecule has 0 saturated heterocycles. The van der Waals surface area contributed by atoms with Gasteiger partial charge in [-0.2, -0.15) is 4.39 Å². The molecule has 0 spiro atoms. The molecule has 0 amide bonds. The molecule has 0 heterocycles. The summed E-state index contributed by atoms with van der Waals surface area (Å²) in [6.45, 7) is 1.76. The van der Waals surface area contributed by atoms with E-state index < -0.39 is 17.6 Å². The van der Waals surface area contributed by atoms with Crippen LogP contribution in [0.5, 0.6) is 5.75 Å². The first-order valence-corrected chi connectivity index (χ1v) is 5.20. The van der Waals surface area contributed by atoms with E-state index in [-0.39, 0.29) is 22.4 Å². The van der Waals surface area contributed by atoms with Crippen LogP contribution in [0.4, 0.5) is 8.78 Å². The lowest BCUT2D eigenvalue weighted by Crippen LogP contribution is -2.08. The number of methoxy groups -OCH3 is 1. The predicted octanol–water partition coefficient (Wildman–Crippen LogP) is 2.91. The Kier molecular flexibility index (Phi) is 4.23. The van der Waals surface area contributed by atoms with Crippen molar-refractivity contribution in [3.63, 3.8) is 0 Å². The molecule has 1 rings (SSSR count). The van der Waals surface area contributed by atoms with Gasteiger partial charge in [-0.25, -0.2) is 9.18 Å². The van der Waals surface area contributed by atoms with Crippen molar-refractivity contribution in [3.05, 3.63) is 27.7 Å². The zero-order valence-corrected chi connectivity index (χ0v) is 10.2. The second-order valence-corrected chi connectivity index (χ2v) is 3.58. The molecule has 0 saturated carbocycles. The van der Waals surface area contributed by atoms with Crippen LogP contribution < -0.4 is 4.74 Å². The van der Waals surface area contributed by atoms with Gasteiger partial charge in [-0.15, -0.1) is 0 Å². The van der Waals surface area contributed by atoms with Gasteiger partial charge in [-0.1, -0.05) is 0 Å². The second kappa shape index (κ2) is 5.25. The molecule has 3 nitrogen and oxygen atoms in total. The summed E-state index contributed by atoms with van der Waals surface area (Å²) in [4.78, 5) is 11.4. The highest BCUT2D eigenvalue weighted by Gasteiger charge is 2.22. The molecule has 88 valence electrons. The minimum absolute atomic E-state index is 0.0346. The molecule has 0 aliphatic heterocycles. The number of rotatable bonds is 3. The SMILES string of the molecule is CCOC(=O)c1cc(F)c(F)c(OC)c1Br. The molecule has 0 unspecified atom stereocenters. The smallest absolute Gasteiger partial charge is 0.339 e. The molecule has 0 aliphatic carbocycles. The number of esters is 1. The van der Waals surface area contributed by atoms with Crippen molar-refractivity contribution in [1.29, 1.82) is 0 Å². The number of carbonyl (C=O) groups excluding carboxylic acids is 1. The average molecular weight is 295 g/mol. The fraction of sp³-hybridized carbons (Fsp3) is 0.300. The number of hydrogen-bond donors (Lipinski definition) is 0. The molecule has 0 aromatic heterocycles. The third-order valence-corrected chi connectivity index (χ3v) is 2.60. The monoisotopic (exact) mass is 294 g/mol. The molecule has 16 heavy (non-hydrogen) atoms. The van der Waals surface area contributed by atoms with E-state index in [4.69, 9.17) is 0 Å². The first kappa shape index (κ1) is 12.9. The van der Waals surface area contributed by atoms with Crippen LogP contribution in [-0.2, 0) is 4.74 Å². The van der Waals surface area contributed by atoms with Crippen molar-refractivity contribution >= 4 is 21.9 Å². The molecule has 0 aliphatic rings. The van der Waals surface area contributed by atoms with Crippen molar-refractivity contribution in [1.82, 2.24) is 0 Å². The summed E-state index contributed by atoms with van der Waals surface area (Å²) >= 11 is 2.96. The minimum atomic E-state index is -1.16. The molecule has 6 heteroatoms. The Morgan fingerprint density at radius 3 is 2.62 bits per heavy atom. The highest BCUT2D eigenvalue weighted by atomic mass is 79.9. The molecule has 1 aromatic rings. The molecule has 0 bridgehead atoms. The quantitative estimate of drug-likeness (QED) is 0.635. The molecule has 0 radical (unpaired) electrons. The van der Waals surface area contributed by atoms with Gasteiger partial charge in [0.05, 0.1) is 23.8 Å². The first-order valence-electron chi connectivity index (χ1n) is 4.41. The lowest BCUT2D eigenvalue weighted by atomic mass is 10.2. The van der Waals surface area contributed by atoms with Crippen LogP contribution in [0.3, 0.4) is 0 Å². The Morgan fingerprint density at radius 2 is 2.12 bits per heavy atom. The molecular weight excluding hydrogens is 286 g/mol. The predicted molar refractivity (Wildman–Crippen MR) is 56.6 cm³/mol. The largest absolute Gasteiger partial charge is 0.492 e. The van der Waals surface area contributed by atoms with E-state index in [0.29, 0.717) is 0 Å². The second-order valence-electron chi connectivity index (χ2n) is 2.79. The third kappa shape index (κ3) is 2.32. The zero-order chi connectivity index (χ0) is 12.3. The lowest BCUT2D eigenvalue weighted by molar-refractivity contribution is 0.0524. The van der Waals surface area contributed by atoms with Gasteiger partial charge in [0, 0.05) is 0 Å². The van der Waals surface area contributed by atoms with Crippen LogP contribution in [-0.4, -0.2) is 19.7 Å². The van der Waals surface area contributed by atoms with Crippen molar-refractivity contribution < 1.29 is 23.0 Å². The van der Waals surface area contributed by atoms with E-state index in [1.54, 1.807) is 6.92 Å². The van der Waals surface area contributed by atoms with Crippen LogP contribution in [0.25, 0.3) is 0 Å². The summed E-state index contributed by atoms with van der Waals surface area (Å²) in [7, 11) is 1.18. The molecule has 0 N–H and O–H groups in total. The summed E-state index contributed by atoms with van der Waals surface area (Å²) in [5.41, 5.74) is -0.113. The van der Waals surface area contributed by atoms with Crippen LogP contribution in [0, 0.1) is 11.6 Å². The number of benzene rings is 1. The Labute approximate surface area is 99.5 Å². The average Bonchev–Trinajstić information content (AvgIpc) is 2.24. The van der Waals surface area contributed by atoms with Gasteiger partial charge < -0.3 is 9.47 Å². The van der Waals surface area contributed by atoms with E-state index in [2.05, 4.69) is 25.4 Å². The van der Waals surface area contributed by atoms with Gasteiger partial charge in [-0.05, 0) is 28.9 Å². The van der Waals surface area contributed by atoms with Gasteiger partial charge in [0.2, 0.25) is 5.82 Å². The van der Waals surface area contributed by atoms with E-state index in [0.717, 1.165) is 6.07 Å². The Bertz CT molecular complexity index is 421. The highest BCUT2D eigenvalue weighted by molar-refractivity contribution is 9.10. The maximum atomic E-state index is 13.2. The topological polar surface area (TPSA) is 35.5 Å². The van der Waals surface area contributed by atoms with Gasteiger partial charge in [-0.3, -0.25) is 0 Å². The zero-order valence-electron chi connectivity index (χ0n) is 8.64. The maximum Gasteiger partial charge on any atom is 0.339 e. The van der Waals surface area contributed by atoms with Gasteiger partial charge >= 0.3 is 5.97 Å². The van der Waals surface area contributed by atoms with Crippen LogP contribution in [0.1, 0.15) is 17.3 Å². The number of halogens is 3.